The molecule has 0 bridgehead atoms. The molecule has 0 amide bonds. The highest BCUT2D eigenvalue weighted by atomic mass is 16.3. The van der Waals surface area contributed by atoms with Crippen LogP contribution in [-0.2, 0) is 0 Å². The second-order valence-electron chi connectivity index (χ2n) is 12.5. The van der Waals surface area contributed by atoms with Crippen LogP contribution >= 0.6 is 0 Å². The molecular weight excluding hydrogens is 597 g/mol. The molecule has 0 radical (unpaired) electrons. The van der Waals surface area contributed by atoms with Crippen molar-refractivity contribution in [3.8, 4) is 16.8 Å². The minimum Gasteiger partial charge on any atom is -0.456 e. The molecule has 0 spiro atoms. The first-order chi connectivity index (χ1) is 24.3. The summed E-state index contributed by atoms with van der Waals surface area (Å²) < 4.78 is 8.62. The first kappa shape index (κ1) is 27.5. The summed E-state index contributed by atoms with van der Waals surface area (Å²) in [5, 5.41) is 7.19. The molecule has 230 valence electrons. The number of benzene rings is 8. The van der Waals surface area contributed by atoms with Gasteiger partial charge in [-0.05, 0) is 88.6 Å². The molecule has 49 heavy (non-hydrogen) atoms. The van der Waals surface area contributed by atoms with E-state index < -0.39 is 0 Å². The van der Waals surface area contributed by atoms with E-state index in [9.17, 15) is 0 Å². The molecule has 0 unspecified atom stereocenters. The highest BCUT2D eigenvalue weighted by Gasteiger charge is 2.21. The van der Waals surface area contributed by atoms with Gasteiger partial charge in [0.15, 0.2) is 0 Å². The summed E-state index contributed by atoms with van der Waals surface area (Å²) in [6.45, 7) is 0. The fraction of sp³-hybridized carbons (Fsp3) is 0. The summed E-state index contributed by atoms with van der Waals surface area (Å²) in [7, 11) is 0. The van der Waals surface area contributed by atoms with Gasteiger partial charge in [0.25, 0.3) is 0 Å². The summed E-state index contributed by atoms with van der Waals surface area (Å²) in [6.07, 6.45) is 0. The maximum absolute atomic E-state index is 6.21. The number of rotatable bonds is 5. The summed E-state index contributed by atoms with van der Waals surface area (Å²) in [6, 6.07) is 65.0. The molecule has 0 fully saturated rings. The monoisotopic (exact) mass is 626 g/mol. The molecule has 3 heteroatoms. The Bertz CT molecular complexity index is 2820. The van der Waals surface area contributed by atoms with Gasteiger partial charge in [-0.2, -0.15) is 0 Å². The van der Waals surface area contributed by atoms with Crippen LogP contribution in [0.25, 0.3) is 71.3 Å². The Morgan fingerprint density at radius 1 is 0.388 bits per heavy atom. The van der Waals surface area contributed by atoms with E-state index in [-0.39, 0.29) is 0 Å². The quantitative estimate of drug-likeness (QED) is 0.190. The van der Waals surface area contributed by atoms with E-state index in [4.69, 9.17) is 4.42 Å². The molecule has 10 aromatic rings. The number of hydrogen-bond acceptors (Lipinski definition) is 2. The minimum absolute atomic E-state index is 0.888. The predicted molar refractivity (Wildman–Crippen MR) is 206 cm³/mol. The van der Waals surface area contributed by atoms with Crippen LogP contribution < -0.4 is 4.90 Å². The largest absolute Gasteiger partial charge is 0.456 e. The van der Waals surface area contributed by atoms with E-state index in [1.54, 1.807) is 0 Å². The summed E-state index contributed by atoms with van der Waals surface area (Å²) >= 11 is 0. The van der Waals surface area contributed by atoms with E-state index in [2.05, 4.69) is 179 Å². The first-order valence-electron chi connectivity index (χ1n) is 16.7. The van der Waals surface area contributed by atoms with Gasteiger partial charge < -0.3 is 13.9 Å². The number of hydrogen-bond donors (Lipinski definition) is 0. The number of nitrogens with zero attached hydrogens (tertiary/aromatic N) is 2. The average Bonchev–Trinajstić information content (AvgIpc) is 3.71. The van der Waals surface area contributed by atoms with Gasteiger partial charge in [0.2, 0.25) is 0 Å². The number of fused-ring (bicyclic) bond motifs is 7. The maximum atomic E-state index is 6.21. The second kappa shape index (κ2) is 11.0. The zero-order valence-corrected chi connectivity index (χ0v) is 26.6. The normalized spacial score (nSPS) is 11.7. The molecule has 0 N–H and O–H groups in total. The van der Waals surface area contributed by atoms with Crippen molar-refractivity contribution in [3.63, 3.8) is 0 Å². The molecule has 0 saturated heterocycles. The average molecular weight is 627 g/mol. The Morgan fingerprint density at radius 2 is 1.04 bits per heavy atom. The van der Waals surface area contributed by atoms with Crippen LogP contribution in [0.5, 0.6) is 0 Å². The molecule has 0 atom stereocenters. The SMILES string of the molecule is c1ccc(N(c2ccc3oc4ccccc4c3c2)c2ccc3c4c(-c5cccc6ccccc56)cccc4n(-c4ccccc4)c3c2)cc1. The summed E-state index contributed by atoms with van der Waals surface area (Å²) in [5.74, 6) is 0. The van der Waals surface area contributed by atoms with E-state index in [0.717, 1.165) is 50.2 Å². The van der Waals surface area contributed by atoms with Crippen molar-refractivity contribution >= 4 is 71.6 Å². The predicted octanol–water partition coefficient (Wildman–Crippen LogP) is 13.0. The van der Waals surface area contributed by atoms with Crippen LogP contribution in [0.2, 0.25) is 0 Å². The summed E-state index contributed by atoms with van der Waals surface area (Å²) in [4.78, 5) is 2.35. The molecule has 2 heterocycles. The molecule has 0 aliphatic rings. The number of aromatic nitrogens is 1. The van der Waals surface area contributed by atoms with Gasteiger partial charge in [0.1, 0.15) is 11.2 Å². The maximum Gasteiger partial charge on any atom is 0.135 e. The molecule has 0 aliphatic heterocycles. The van der Waals surface area contributed by atoms with E-state index in [0.29, 0.717) is 0 Å². The zero-order valence-electron chi connectivity index (χ0n) is 26.6. The minimum atomic E-state index is 0.888. The molecule has 0 saturated carbocycles. The van der Waals surface area contributed by atoms with E-state index >= 15 is 0 Å². The van der Waals surface area contributed by atoms with Gasteiger partial charge in [-0.15, -0.1) is 0 Å². The number of anilines is 3. The standard InChI is InChI=1S/C46H30N2O/c1-3-15-32(16-4-1)47(34-26-28-45-41(29-34)38-20-9-10-24-44(38)49-45)35-25-27-40-43(30-35)48(33-17-5-2-6-18-33)42-23-12-22-39(46(40)42)37-21-11-14-31-13-7-8-19-36(31)37/h1-30H. The third-order valence-corrected chi connectivity index (χ3v) is 9.76. The van der Waals surface area contributed by atoms with Crippen molar-refractivity contribution in [2.45, 2.75) is 0 Å². The lowest BCUT2D eigenvalue weighted by Crippen LogP contribution is -2.10. The molecule has 10 rings (SSSR count). The molecule has 8 aromatic carbocycles. The van der Waals surface area contributed by atoms with Crippen molar-refractivity contribution in [2.75, 3.05) is 4.90 Å². The van der Waals surface area contributed by atoms with E-state index in [1.807, 2.05) is 12.1 Å². The lowest BCUT2D eigenvalue weighted by molar-refractivity contribution is 0.669. The van der Waals surface area contributed by atoms with Crippen LogP contribution in [-0.4, -0.2) is 4.57 Å². The molecular formula is C46H30N2O. The van der Waals surface area contributed by atoms with Crippen molar-refractivity contribution < 1.29 is 4.42 Å². The van der Waals surface area contributed by atoms with Crippen LogP contribution in [0.3, 0.4) is 0 Å². The molecule has 0 aliphatic carbocycles. The Morgan fingerprint density at radius 3 is 1.92 bits per heavy atom. The van der Waals surface area contributed by atoms with Crippen molar-refractivity contribution in [1.82, 2.24) is 4.57 Å². The number of furan rings is 1. The number of para-hydroxylation sites is 3. The van der Waals surface area contributed by atoms with Crippen molar-refractivity contribution in [3.05, 3.63) is 182 Å². The Balaban J connectivity index is 1.26. The van der Waals surface area contributed by atoms with Crippen LogP contribution in [0.1, 0.15) is 0 Å². The van der Waals surface area contributed by atoms with E-state index in [1.165, 1.54) is 38.2 Å². The highest BCUT2D eigenvalue weighted by molar-refractivity contribution is 6.18. The third-order valence-electron chi connectivity index (χ3n) is 9.76. The fourth-order valence-electron chi connectivity index (χ4n) is 7.61. The fourth-order valence-corrected chi connectivity index (χ4v) is 7.61. The second-order valence-corrected chi connectivity index (χ2v) is 12.5. The lowest BCUT2D eigenvalue weighted by Gasteiger charge is -2.26. The highest BCUT2D eigenvalue weighted by Crippen LogP contribution is 2.44. The van der Waals surface area contributed by atoms with Crippen molar-refractivity contribution in [1.29, 1.82) is 0 Å². The van der Waals surface area contributed by atoms with Gasteiger partial charge in [0, 0.05) is 44.3 Å². The Kier molecular flexibility index (Phi) is 6.18. The molecule has 3 nitrogen and oxygen atoms in total. The Hall–Kier alpha value is -6.58. The third kappa shape index (κ3) is 4.37. The van der Waals surface area contributed by atoms with Crippen LogP contribution in [0.4, 0.5) is 17.1 Å². The topological polar surface area (TPSA) is 21.3 Å². The first-order valence-corrected chi connectivity index (χ1v) is 16.7. The van der Waals surface area contributed by atoms with Gasteiger partial charge >= 0.3 is 0 Å². The van der Waals surface area contributed by atoms with Gasteiger partial charge in [-0.1, -0.05) is 115 Å². The van der Waals surface area contributed by atoms with Crippen LogP contribution in [0, 0.1) is 0 Å². The smallest absolute Gasteiger partial charge is 0.135 e. The Labute approximate surface area is 283 Å². The lowest BCUT2D eigenvalue weighted by atomic mass is 9.94. The van der Waals surface area contributed by atoms with Gasteiger partial charge in [0.05, 0.1) is 11.0 Å². The van der Waals surface area contributed by atoms with Gasteiger partial charge in [-0.25, -0.2) is 0 Å². The molecule has 2 aromatic heterocycles. The van der Waals surface area contributed by atoms with Crippen molar-refractivity contribution in [2.24, 2.45) is 0 Å². The van der Waals surface area contributed by atoms with Crippen LogP contribution in [0.15, 0.2) is 186 Å². The van der Waals surface area contributed by atoms with Gasteiger partial charge in [-0.3, -0.25) is 0 Å². The summed E-state index contributed by atoms with van der Waals surface area (Å²) in [5.41, 5.74) is 11.0. The zero-order chi connectivity index (χ0) is 32.3.